The molecule has 1 heterocycles. The van der Waals surface area contributed by atoms with Crippen molar-refractivity contribution in [2.45, 2.75) is 44.4 Å². The summed E-state index contributed by atoms with van der Waals surface area (Å²) in [7, 11) is 0. The van der Waals surface area contributed by atoms with Gasteiger partial charge in [0.1, 0.15) is 11.2 Å². The van der Waals surface area contributed by atoms with E-state index in [-0.39, 0.29) is 16.7 Å². The van der Waals surface area contributed by atoms with Crippen molar-refractivity contribution in [1.29, 1.82) is 0 Å². The van der Waals surface area contributed by atoms with Crippen LogP contribution in [0.15, 0.2) is 253 Å². The van der Waals surface area contributed by atoms with E-state index in [1.165, 1.54) is 122 Å². The van der Waals surface area contributed by atoms with Gasteiger partial charge in [0.2, 0.25) is 0 Å². The van der Waals surface area contributed by atoms with Gasteiger partial charge in [0.05, 0.1) is 0 Å². The lowest BCUT2D eigenvalue weighted by atomic mass is 9.77. The summed E-state index contributed by atoms with van der Waals surface area (Å²) in [6.07, 6.45) is 0. The lowest BCUT2D eigenvalue weighted by Gasteiger charge is -2.27. The van der Waals surface area contributed by atoms with Crippen LogP contribution < -0.4 is 0 Å². The Labute approximate surface area is 444 Å². The molecular formula is C75H54O. The van der Waals surface area contributed by atoms with Crippen LogP contribution in [0.4, 0.5) is 0 Å². The highest BCUT2D eigenvalue weighted by Gasteiger charge is 2.39. The minimum atomic E-state index is -0.198. The number of rotatable bonds is 7. The average molecular weight is 971 g/mol. The predicted octanol–water partition coefficient (Wildman–Crippen LogP) is 20.4. The molecule has 0 amide bonds. The number of benzene rings is 12. The van der Waals surface area contributed by atoms with Crippen LogP contribution in [-0.2, 0) is 10.8 Å². The van der Waals surface area contributed by atoms with Gasteiger partial charge in [-0.05, 0) is 170 Å². The maximum Gasteiger partial charge on any atom is 0.136 e. The SMILES string of the molecule is CC1(C)c2cc(-c3ccc4ccccc4c3)ccc2-c2ccc(C(c3ccc(-c4ccc(-c5ccc6c(c5)oc5ccccc56)cc4)cc3)c3ccc4c(c3)C(C)(C)c3cc(-c5ccc6ccccc6c5)ccc3-4)cc21. The highest BCUT2D eigenvalue weighted by molar-refractivity contribution is 6.06. The fourth-order valence-electron chi connectivity index (χ4n) is 13.2. The predicted molar refractivity (Wildman–Crippen MR) is 319 cm³/mol. The minimum absolute atomic E-state index is 0.000498. The molecule has 0 saturated carbocycles. The summed E-state index contributed by atoms with van der Waals surface area (Å²) in [6, 6.07) is 93.2. The Morgan fingerprint density at radius 1 is 0.263 bits per heavy atom. The summed E-state index contributed by atoms with van der Waals surface area (Å²) < 4.78 is 6.26. The highest BCUT2D eigenvalue weighted by atomic mass is 16.3. The standard InChI is InChI=1S/C75H54O/c1-74(2)67-41-56(54-27-23-46-11-5-7-13-52(46)39-54)29-34-61(67)63-36-32-59(43-69(63)74)73(51-25-21-49(22-26-51)48-17-19-50(20-18-48)58-31-38-66-65-15-9-10-16-71(65)76-72(66)45-58)60-33-37-64-62-35-30-57(42-68(62)75(3,4)70(64)44-60)55-28-24-47-12-6-8-14-53(47)40-55/h5-45,73H,1-4H3. The van der Waals surface area contributed by atoms with Crippen LogP contribution in [0, 0.1) is 0 Å². The number of furan rings is 1. The Bertz CT molecular complexity index is 4310. The smallest absolute Gasteiger partial charge is 0.136 e. The largest absolute Gasteiger partial charge is 0.456 e. The Hall–Kier alpha value is -9.04. The van der Waals surface area contributed by atoms with Crippen LogP contribution in [0.5, 0.6) is 0 Å². The molecule has 0 N–H and O–H groups in total. The van der Waals surface area contributed by atoms with Crippen molar-refractivity contribution in [2.24, 2.45) is 0 Å². The number of hydrogen-bond donors (Lipinski definition) is 0. The Kier molecular flexibility index (Phi) is 9.79. The van der Waals surface area contributed by atoms with E-state index in [2.05, 4.69) is 264 Å². The first-order chi connectivity index (χ1) is 37.1. The van der Waals surface area contributed by atoms with Gasteiger partial charge < -0.3 is 4.42 Å². The number of hydrogen-bond acceptors (Lipinski definition) is 1. The molecular weight excluding hydrogens is 917 g/mol. The Morgan fingerprint density at radius 3 is 1.16 bits per heavy atom. The molecule has 1 heteroatoms. The zero-order chi connectivity index (χ0) is 50.9. The fourth-order valence-corrected chi connectivity index (χ4v) is 13.2. The minimum Gasteiger partial charge on any atom is -0.456 e. The summed E-state index contributed by atoms with van der Waals surface area (Å²) in [5.41, 5.74) is 25.9. The molecule has 2 aliphatic rings. The van der Waals surface area contributed by atoms with Crippen molar-refractivity contribution < 1.29 is 4.42 Å². The Balaban J connectivity index is 0.801. The summed E-state index contributed by atoms with van der Waals surface area (Å²) in [6.45, 7) is 9.66. The second-order valence-electron chi connectivity index (χ2n) is 22.4. The van der Waals surface area contributed by atoms with Crippen molar-refractivity contribution in [3.8, 4) is 66.8 Å². The van der Waals surface area contributed by atoms with E-state index in [0.29, 0.717) is 0 Å². The summed E-state index contributed by atoms with van der Waals surface area (Å²) in [5.74, 6) is 0.000498. The van der Waals surface area contributed by atoms with Gasteiger partial charge in [0, 0.05) is 27.5 Å². The molecule has 0 radical (unpaired) electrons. The molecule has 0 unspecified atom stereocenters. The summed E-state index contributed by atoms with van der Waals surface area (Å²) in [4.78, 5) is 0. The topological polar surface area (TPSA) is 13.1 Å². The maximum absolute atomic E-state index is 6.26. The van der Waals surface area contributed by atoms with Crippen molar-refractivity contribution in [3.05, 3.63) is 288 Å². The van der Waals surface area contributed by atoms with Gasteiger partial charge in [0.15, 0.2) is 0 Å². The average Bonchev–Trinajstić information content (AvgIpc) is 4.15. The first-order valence-corrected chi connectivity index (χ1v) is 26.8. The van der Waals surface area contributed by atoms with Crippen molar-refractivity contribution >= 4 is 43.5 Å². The second-order valence-corrected chi connectivity index (χ2v) is 22.4. The molecule has 360 valence electrons. The first kappa shape index (κ1) is 44.4. The van der Waals surface area contributed by atoms with Crippen LogP contribution >= 0.6 is 0 Å². The van der Waals surface area contributed by atoms with Gasteiger partial charge in [-0.1, -0.05) is 234 Å². The quantitative estimate of drug-likeness (QED) is 0.145. The van der Waals surface area contributed by atoms with Crippen molar-refractivity contribution in [1.82, 2.24) is 0 Å². The van der Waals surface area contributed by atoms with Gasteiger partial charge >= 0.3 is 0 Å². The van der Waals surface area contributed by atoms with E-state index in [1.807, 2.05) is 12.1 Å². The van der Waals surface area contributed by atoms with Crippen molar-refractivity contribution in [3.63, 3.8) is 0 Å². The molecule has 2 aliphatic carbocycles. The molecule has 0 aliphatic heterocycles. The third-order valence-corrected chi connectivity index (χ3v) is 17.4. The molecule has 0 spiro atoms. The second kappa shape index (κ2) is 16.7. The van der Waals surface area contributed by atoms with Gasteiger partial charge in [-0.3, -0.25) is 0 Å². The number of para-hydroxylation sites is 1. The van der Waals surface area contributed by atoms with Gasteiger partial charge in [-0.25, -0.2) is 0 Å². The van der Waals surface area contributed by atoms with E-state index >= 15 is 0 Å². The molecule has 12 aromatic carbocycles. The molecule has 1 aromatic heterocycles. The van der Waals surface area contributed by atoms with E-state index in [4.69, 9.17) is 4.42 Å². The van der Waals surface area contributed by atoms with E-state index in [9.17, 15) is 0 Å². The summed E-state index contributed by atoms with van der Waals surface area (Å²) in [5, 5.41) is 7.37. The van der Waals surface area contributed by atoms with Crippen LogP contribution in [0.3, 0.4) is 0 Å². The third kappa shape index (κ3) is 6.99. The van der Waals surface area contributed by atoms with E-state index < -0.39 is 0 Å². The van der Waals surface area contributed by atoms with Crippen LogP contribution in [0.2, 0.25) is 0 Å². The normalized spacial score (nSPS) is 13.9. The fraction of sp³-hybridized carbons (Fsp3) is 0.0933. The summed E-state index contributed by atoms with van der Waals surface area (Å²) >= 11 is 0. The van der Waals surface area contributed by atoms with Crippen molar-refractivity contribution in [2.75, 3.05) is 0 Å². The van der Waals surface area contributed by atoms with Crippen LogP contribution in [0.25, 0.3) is 110 Å². The molecule has 0 bridgehead atoms. The first-order valence-electron chi connectivity index (χ1n) is 26.8. The van der Waals surface area contributed by atoms with Gasteiger partial charge in [0.25, 0.3) is 0 Å². The number of fused-ring (bicyclic) bond motifs is 11. The molecule has 13 aromatic rings. The van der Waals surface area contributed by atoms with E-state index in [1.54, 1.807) is 0 Å². The highest BCUT2D eigenvalue weighted by Crippen LogP contribution is 2.54. The van der Waals surface area contributed by atoms with Gasteiger partial charge in [-0.15, -0.1) is 0 Å². The zero-order valence-corrected chi connectivity index (χ0v) is 43.2. The molecule has 76 heavy (non-hydrogen) atoms. The molecule has 0 saturated heterocycles. The lowest BCUT2D eigenvalue weighted by molar-refractivity contribution is 0.657. The van der Waals surface area contributed by atoms with Crippen LogP contribution in [-0.4, -0.2) is 0 Å². The Morgan fingerprint density at radius 2 is 0.618 bits per heavy atom. The third-order valence-electron chi connectivity index (χ3n) is 17.4. The zero-order valence-electron chi connectivity index (χ0n) is 43.2. The lowest BCUT2D eigenvalue weighted by Crippen LogP contribution is -2.17. The van der Waals surface area contributed by atoms with Gasteiger partial charge in [-0.2, -0.15) is 0 Å². The molecule has 15 rings (SSSR count). The molecule has 0 fully saturated rings. The maximum atomic E-state index is 6.26. The monoisotopic (exact) mass is 970 g/mol. The van der Waals surface area contributed by atoms with E-state index in [0.717, 1.165) is 27.5 Å². The molecule has 0 atom stereocenters. The molecule has 1 nitrogen and oxygen atoms in total. The van der Waals surface area contributed by atoms with Crippen LogP contribution in [0.1, 0.15) is 72.6 Å².